The van der Waals surface area contributed by atoms with Crippen molar-refractivity contribution < 1.29 is 9.15 Å². The van der Waals surface area contributed by atoms with E-state index in [0.717, 1.165) is 24.4 Å². The molecular formula is C17H24N2O2. The van der Waals surface area contributed by atoms with Crippen molar-refractivity contribution in [2.24, 2.45) is 5.73 Å². The molecule has 1 saturated heterocycles. The second-order valence-electron chi connectivity index (χ2n) is 6.03. The lowest BCUT2D eigenvalue weighted by Gasteiger charge is -2.40. The molecule has 4 nitrogen and oxygen atoms in total. The van der Waals surface area contributed by atoms with Crippen LogP contribution in [-0.4, -0.2) is 36.7 Å². The smallest absolute Gasteiger partial charge is 0.134 e. The fourth-order valence-corrected chi connectivity index (χ4v) is 3.52. The van der Waals surface area contributed by atoms with E-state index in [-0.39, 0.29) is 18.2 Å². The van der Waals surface area contributed by atoms with Gasteiger partial charge in [0.05, 0.1) is 18.2 Å². The Morgan fingerprint density at radius 3 is 2.57 bits per heavy atom. The summed E-state index contributed by atoms with van der Waals surface area (Å²) in [5.41, 5.74) is 8.29. The van der Waals surface area contributed by atoms with Crippen LogP contribution in [0.25, 0.3) is 11.0 Å². The van der Waals surface area contributed by atoms with Gasteiger partial charge in [-0.2, -0.15) is 0 Å². The number of hydrogen-bond donors (Lipinski definition) is 1. The van der Waals surface area contributed by atoms with Crippen LogP contribution in [-0.2, 0) is 4.74 Å². The highest BCUT2D eigenvalue weighted by molar-refractivity contribution is 5.82. The fourth-order valence-electron chi connectivity index (χ4n) is 3.52. The summed E-state index contributed by atoms with van der Waals surface area (Å²) in [5.74, 6) is 0.971. The van der Waals surface area contributed by atoms with Gasteiger partial charge in [0.1, 0.15) is 11.3 Å². The van der Waals surface area contributed by atoms with Crippen molar-refractivity contribution in [1.29, 1.82) is 0 Å². The minimum absolute atomic E-state index is 0.183. The summed E-state index contributed by atoms with van der Waals surface area (Å²) in [6.45, 7) is 8.68. The van der Waals surface area contributed by atoms with Gasteiger partial charge in [-0.15, -0.1) is 0 Å². The maximum absolute atomic E-state index is 6.12. The maximum atomic E-state index is 6.12. The lowest BCUT2D eigenvalue weighted by Crippen LogP contribution is -2.48. The summed E-state index contributed by atoms with van der Waals surface area (Å²) in [5, 5.41) is 1.18. The fraction of sp³-hybridized carbons (Fsp3) is 0.529. The number of morpholine rings is 1. The van der Waals surface area contributed by atoms with E-state index < -0.39 is 0 Å². The van der Waals surface area contributed by atoms with Gasteiger partial charge in [0, 0.05) is 30.6 Å². The van der Waals surface area contributed by atoms with E-state index in [2.05, 4.69) is 30.9 Å². The van der Waals surface area contributed by atoms with Crippen molar-refractivity contribution in [2.45, 2.75) is 39.0 Å². The van der Waals surface area contributed by atoms with Crippen LogP contribution in [0.4, 0.5) is 0 Å². The Morgan fingerprint density at radius 2 is 1.90 bits per heavy atom. The lowest BCUT2D eigenvalue weighted by atomic mass is 10.00. The van der Waals surface area contributed by atoms with Crippen LogP contribution >= 0.6 is 0 Å². The van der Waals surface area contributed by atoms with Crippen molar-refractivity contribution in [3.8, 4) is 0 Å². The van der Waals surface area contributed by atoms with Crippen LogP contribution < -0.4 is 5.73 Å². The zero-order valence-electron chi connectivity index (χ0n) is 13.0. The summed E-state index contributed by atoms with van der Waals surface area (Å²) in [6, 6.07) is 8.38. The van der Waals surface area contributed by atoms with Crippen LogP contribution in [0.3, 0.4) is 0 Å². The number of fused-ring (bicyclic) bond motifs is 1. The third-order valence-electron chi connectivity index (χ3n) is 4.26. The van der Waals surface area contributed by atoms with Gasteiger partial charge in [0.15, 0.2) is 0 Å². The van der Waals surface area contributed by atoms with Gasteiger partial charge in [0.2, 0.25) is 0 Å². The standard InChI is InChI=1S/C17H24N2O2/c1-11-9-19(10-12(2)20-11)15(8-18)17-13(3)21-16-7-5-4-6-14(16)17/h4-7,11-12,15H,8-10,18H2,1-3H3/t11-,12+,15?. The molecule has 1 aliphatic rings. The molecule has 1 aromatic carbocycles. The van der Waals surface area contributed by atoms with Gasteiger partial charge in [0.25, 0.3) is 0 Å². The number of para-hydroxylation sites is 1. The average Bonchev–Trinajstić information content (AvgIpc) is 2.76. The van der Waals surface area contributed by atoms with E-state index in [9.17, 15) is 0 Å². The molecule has 21 heavy (non-hydrogen) atoms. The topological polar surface area (TPSA) is 51.6 Å². The Hall–Kier alpha value is -1.36. The third-order valence-corrected chi connectivity index (χ3v) is 4.26. The maximum Gasteiger partial charge on any atom is 0.134 e. The molecule has 3 atom stereocenters. The SMILES string of the molecule is Cc1oc2ccccc2c1C(CN)N1C[C@@H](C)O[C@@H](C)C1. The lowest BCUT2D eigenvalue weighted by molar-refractivity contribution is -0.0799. The molecule has 3 rings (SSSR count). The zero-order valence-corrected chi connectivity index (χ0v) is 13.0. The van der Waals surface area contributed by atoms with Crippen molar-refractivity contribution >= 4 is 11.0 Å². The van der Waals surface area contributed by atoms with E-state index in [0.29, 0.717) is 6.54 Å². The molecule has 2 heterocycles. The molecule has 0 aliphatic carbocycles. The Morgan fingerprint density at radius 1 is 1.24 bits per heavy atom. The van der Waals surface area contributed by atoms with Crippen molar-refractivity contribution in [2.75, 3.05) is 19.6 Å². The highest BCUT2D eigenvalue weighted by Crippen LogP contribution is 2.34. The molecular weight excluding hydrogens is 264 g/mol. The predicted molar refractivity (Wildman–Crippen MR) is 84.3 cm³/mol. The molecule has 0 spiro atoms. The van der Waals surface area contributed by atoms with E-state index in [4.69, 9.17) is 14.9 Å². The molecule has 4 heteroatoms. The van der Waals surface area contributed by atoms with E-state index in [1.54, 1.807) is 0 Å². The van der Waals surface area contributed by atoms with E-state index in [1.165, 1.54) is 10.9 Å². The van der Waals surface area contributed by atoms with Crippen LogP contribution in [0.5, 0.6) is 0 Å². The molecule has 0 bridgehead atoms. The first kappa shape index (κ1) is 14.6. The first-order valence-corrected chi connectivity index (χ1v) is 7.67. The van der Waals surface area contributed by atoms with Crippen molar-refractivity contribution in [3.05, 3.63) is 35.6 Å². The van der Waals surface area contributed by atoms with Gasteiger partial charge in [-0.3, -0.25) is 4.90 Å². The molecule has 0 amide bonds. The second-order valence-corrected chi connectivity index (χ2v) is 6.03. The van der Waals surface area contributed by atoms with Gasteiger partial charge < -0.3 is 14.9 Å². The number of ether oxygens (including phenoxy) is 1. The molecule has 1 fully saturated rings. The van der Waals surface area contributed by atoms with Crippen LogP contribution in [0, 0.1) is 6.92 Å². The van der Waals surface area contributed by atoms with Crippen LogP contribution in [0.15, 0.2) is 28.7 Å². The largest absolute Gasteiger partial charge is 0.461 e. The summed E-state index contributed by atoms with van der Waals surface area (Å²) in [6.07, 6.45) is 0.475. The van der Waals surface area contributed by atoms with Crippen LogP contribution in [0.2, 0.25) is 0 Å². The van der Waals surface area contributed by atoms with Crippen molar-refractivity contribution in [3.63, 3.8) is 0 Å². The number of aryl methyl sites for hydroxylation is 1. The molecule has 1 aliphatic heterocycles. The first-order valence-electron chi connectivity index (χ1n) is 7.67. The van der Waals surface area contributed by atoms with Gasteiger partial charge in [-0.1, -0.05) is 18.2 Å². The number of furan rings is 1. The zero-order chi connectivity index (χ0) is 15.0. The number of hydrogen-bond acceptors (Lipinski definition) is 4. The molecule has 0 radical (unpaired) electrons. The summed E-state index contributed by atoms with van der Waals surface area (Å²) in [4.78, 5) is 2.43. The molecule has 0 saturated carbocycles. The summed E-state index contributed by atoms with van der Waals surface area (Å²) < 4.78 is 11.8. The van der Waals surface area contributed by atoms with Gasteiger partial charge in [-0.25, -0.2) is 0 Å². The Balaban J connectivity index is 2.00. The molecule has 2 aromatic rings. The third kappa shape index (κ3) is 2.71. The number of rotatable bonds is 3. The Bertz CT molecular complexity index is 612. The highest BCUT2D eigenvalue weighted by Gasteiger charge is 2.31. The molecule has 114 valence electrons. The Kier molecular flexibility index (Phi) is 4.02. The number of nitrogens with zero attached hydrogens (tertiary/aromatic N) is 1. The quantitative estimate of drug-likeness (QED) is 0.943. The normalized spacial score (nSPS) is 25.3. The number of benzene rings is 1. The molecule has 1 aromatic heterocycles. The molecule has 2 N–H and O–H groups in total. The van der Waals surface area contributed by atoms with Crippen LogP contribution in [0.1, 0.15) is 31.2 Å². The predicted octanol–water partition coefficient (Wildman–Crippen LogP) is 2.85. The summed E-state index contributed by atoms with van der Waals surface area (Å²) in [7, 11) is 0. The molecule has 1 unspecified atom stereocenters. The second kappa shape index (κ2) is 5.79. The minimum Gasteiger partial charge on any atom is -0.461 e. The minimum atomic E-state index is 0.183. The van der Waals surface area contributed by atoms with Gasteiger partial charge in [-0.05, 0) is 26.8 Å². The first-order chi connectivity index (χ1) is 10.1. The highest BCUT2D eigenvalue weighted by atomic mass is 16.5. The average molecular weight is 288 g/mol. The number of nitrogens with two attached hydrogens (primary N) is 1. The van der Waals surface area contributed by atoms with Gasteiger partial charge >= 0.3 is 0 Å². The summed E-state index contributed by atoms with van der Waals surface area (Å²) >= 11 is 0. The van der Waals surface area contributed by atoms with E-state index >= 15 is 0 Å². The monoisotopic (exact) mass is 288 g/mol. The Labute approximate surface area is 125 Å². The van der Waals surface area contributed by atoms with E-state index in [1.807, 2.05) is 19.1 Å². The van der Waals surface area contributed by atoms with Crippen molar-refractivity contribution in [1.82, 2.24) is 4.90 Å².